The molecule has 0 saturated carbocycles. The highest BCUT2D eigenvalue weighted by atomic mass is 16.5. The Labute approximate surface area is 164 Å². The van der Waals surface area contributed by atoms with Crippen LogP contribution in [0, 0.1) is 5.92 Å². The molecule has 2 aliphatic rings. The Balaban J connectivity index is 1.43. The summed E-state index contributed by atoms with van der Waals surface area (Å²) in [6, 6.07) is 8.98. The van der Waals surface area contributed by atoms with E-state index in [1.54, 1.807) is 0 Å². The number of benzene rings is 1. The largest absolute Gasteiger partial charge is 0.373 e. The Kier molecular flexibility index (Phi) is 7.13. The molecule has 5 heteroatoms. The summed E-state index contributed by atoms with van der Waals surface area (Å²) < 4.78 is 5.83. The van der Waals surface area contributed by atoms with Gasteiger partial charge in [-0.3, -0.25) is 9.89 Å². The van der Waals surface area contributed by atoms with Crippen molar-refractivity contribution in [2.24, 2.45) is 10.9 Å². The SMILES string of the molecule is CN=C(NCc1ccc(CN2CCCC(C)C2)cc1)NCC1(C)CCCO1. The Morgan fingerprint density at radius 2 is 2.00 bits per heavy atom. The minimum Gasteiger partial charge on any atom is -0.373 e. The lowest BCUT2D eigenvalue weighted by atomic mass is 9.99. The van der Waals surface area contributed by atoms with Crippen LogP contribution in [-0.4, -0.2) is 49.7 Å². The molecule has 2 aliphatic heterocycles. The number of nitrogens with zero attached hydrogens (tertiary/aromatic N) is 2. The second-order valence-corrected chi connectivity index (χ2v) is 8.48. The van der Waals surface area contributed by atoms with Gasteiger partial charge in [0.2, 0.25) is 0 Å². The third kappa shape index (κ3) is 6.22. The molecule has 0 aromatic heterocycles. The molecular weight excluding hydrogens is 336 g/mol. The van der Waals surface area contributed by atoms with Crippen LogP contribution in [0.2, 0.25) is 0 Å². The van der Waals surface area contributed by atoms with Crippen molar-refractivity contribution in [1.29, 1.82) is 0 Å². The second kappa shape index (κ2) is 9.56. The summed E-state index contributed by atoms with van der Waals surface area (Å²) in [5.41, 5.74) is 2.62. The summed E-state index contributed by atoms with van der Waals surface area (Å²) in [7, 11) is 1.82. The number of hydrogen-bond donors (Lipinski definition) is 2. The normalized spacial score (nSPS) is 26.9. The molecule has 5 nitrogen and oxygen atoms in total. The van der Waals surface area contributed by atoms with Crippen LogP contribution in [0.1, 0.15) is 50.7 Å². The fraction of sp³-hybridized carbons (Fsp3) is 0.682. The molecule has 2 N–H and O–H groups in total. The minimum absolute atomic E-state index is 0.0643. The highest BCUT2D eigenvalue weighted by molar-refractivity contribution is 5.79. The molecule has 150 valence electrons. The molecule has 0 bridgehead atoms. The van der Waals surface area contributed by atoms with E-state index in [-0.39, 0.29) is 5.60 Å². The summed E-state index contributed by atoms with van der Waals surface area (Å²) in [6.45, 7) is 10.5. The zero-order chi connectivity index (χ0) is 19.1. The molecule has 2 fully saturated rings. The molecular formula is C22H36N4O. The van der Waals surface area contributed by atoms with E-state index in [9.17, 15) is 0 Å². The van der Waals surface area contributed by atoms with Gasteiger partial charge in [0.05, 0.1) is 5.60 Å². The number of aliphatic imine (C=N–C) groups is 1. The average molecular weight is 373 g/mol. The number of piperidine rings is 1. The standard InChI is InChI=1S/C22H36N4O/c1-18-6-4-12-26(15-18)16-20-9-7-19(8-10-20)14-24-21(23-3)25-17-22(2)11-5-13-27-22/h7-10,18H,4-6,11-17H2,1-3H3,(H2,23,24,25). The van der Waals surface area contributed by atoms with Gasteiger partial charge in [0.25, 0.3) is 0 Å². The smallest absolute Gasteiger partial charge is 0.191 e. The van der Waals surface area contributed by atoms with E-state index in [1.807, 2.05) is 7.05 Å². The zero-order valence-electron chi connectivity index (χ0n) is 17.3. The van der Waals surface area contributed by atoms with E-state index in [0.717, 1.165) is 51.0 Å². The number of rotatable bonds is 6. The van der Waals surface area contributed by atoms with Gasteiger partial charge in [0, 0.05) is 39.8 Å². The van der Waals surface area contributed by atoms with E-state index >= 15 is 0 Å². The predicted molar refractivity (Wildman–Crippen MR) is 112 cm³/mol. The fourth-order valence-corrected chi connectivity index (χ4v) is 4.10. The molecule has 0 radical (unpaired) electrons. The van der Waals surface area contributed by atoms with Crippen molar-refractivity contribution < 1.29 is 4.74 Å². The predicted octanol–water partition coefficient (Wildman–Crippen LogP) is 3.15. The highest BCUT2D eigenvalue weighted by Crippen LogP contribution is 2.23. The van der Waals surface area contributed by atoms with Gasteiger partial charge in [0.1, 0.15) is 0 Å². The van der Waals surface area contributed by atoms with Crippen molar-refractivity contribution in [3.63, 3.8) is 0 Å². The van der Waals surface area contributed by atoms with Gasteiger partial charge in [-0.2, -0.15) is 0 Å². The van der Waals surface area contributed by atoms with Crippen LogP contribution in [0.5, 0.6) is 0 Å². The zero-order valence-corrected chi connectivity index (χ0v) is 17.3. The lowest BCUT2D eigenvalue weighted by Crippen LogP contribution is -2.45. The van der Waals surface area contributed by atoms with Gasteiger partial charge >= 0.3 is 0 Å². The van der Waals surface area contributed by atoms with E-state index in [1.165, 1.54) is 37.1 Å². The number of ether oxygens (including phenoxy) is 1. The van der Waals surface area contributed by atoms with Crippen LogP contribution in [0.3, 0.4) is 0 Å². The van der Waals surface area contributed by atoms with E-state index in [0.29, 0.717) is 0 Å². The summed E-state index contributed by atoms with van der Waals surface area (Å²) in [5, 5.41) is 6.81. The highest BCUT2D eigenvalue weighted by Gasteiger charge is 2.29. The van der Waals surface area contributed by atoms with Crippen molar-refractivity contribution >= 4 is 5.96 Å². The maximum Gasteiger partial charge on any atom is 0.191 e. The maximum absolute atomic E-state index is 5.83. The minimum atomic E-state index is -0.0643. The van der Waals surface area contributed by atoms with E-state index in [4.69, 9.17) is 4.74 Å². The van der Waals surface area contributed by atoms with Crippen LogP contribution in [-0.2, 0) is 17.8 Å². The van der Waals surface area contributed by atoms with Crippen molar-refractivity contribution in [1.82, 2.24) is 15.5 Å². The van der Waals surface area contributed by atoms with Crippen LogP contribution in [0.15, 0.2) is 29.3 Å². The lowest BCUT2D eigenvalue weighted by Gasteiger charge is -2.30. The second-order valence-electron chi connectivity index (χ2n) is 8.48. The third-order valence-electron chi connectivity index (χ3n) is 5.78. The monoisotopic (exact) mass is 372 g/mol. The molecule has 2 saturated heterocycles. The topological polar surface area (TPSA) is 48.9 Å². The molecule has 0 aliphatic carbocycles. The van der Waals surface area contributed by atoms with E-state index < -0.39 is 0 Å². The molecule has 27 heavy (non-hydrogen) atoms. The molecule has 2 atom stereocenters. The van der Waals surface area contributed by atoms with Crippen LogP contribution < -0.4 is 10.6 Å². The van der Waals surface area contributed by atoms with Crippen molar-refractivity contribution in [3.8, 4) is 0 Å². The molecule has 1 aromatic rings. The Hall–Kier alpha value is -1.59. The number of likely N-dealkylation sites (tertiary alicyclic amines) is 1. The Morgan fingerprint density at radius 3 is 2.67 bits per heavy atom. The first-order valence-electron chi connectivity index (χ1n) is 10.4. The Morgan fingerprint density at radius 1 is 1.22 bits per heavy atom. The van der Waals surface area contributed by atoms with Gasteiger partial charge in [-0.05, 0) is 56.2 Å². The number of nitrogens with one attached hydrogen (secondary N) is 2. The summed E-state index contributed by atoms with van der Waals surface area (Å²) >= 11 is 0. The Bertz CT molecular complexity index is 607. The van der Waals surface area contributed by atoms with Crippen LogP contribution in [0.4, 0.5) is 0 Å². The lowest BCUT2D eigenvalue weighted by molar-refractivity contribution is 0.0243. The van der Waals surface area contributed by atoms with Crippen LogP contribution >= 0.6 is 0 Å². The van der Waals surface area contributed by atoms with Gasteiger partial charge < -0.3 is 15.4 Å². The van der Waals surface area contributed by atoms with Crippen molar-refractivity contribution in [3.05, 3.63) is 35.4 Å². The maximum atomic E-state index is 5.83. The first-order chi connectivity index (χ1) is 13.1. The molecule has 0 spiro atoms. The molecule has 2 unspecified atom stereocenters. The van der Waals surface area contributed by atoms with Gasteiger partial charge in [0.15, 0.2) is 5.96 Å². The van der Waals surface area contributed by atoms with Gasteiger partial charge in [-0.25, -0.2) is 0 Å². The first-order valence-corrected chi connectivity index (χ1v) is 10.4. The van der Waals surface area contributed by atoms with Gasteiger partial charge in [-0.1, -0.05) is 31.2 Å². The van der Waals surface area contributed by atoms with Crippen LogP contribution in [0.25, 0.3) is 0 Å². The number of guanidine groups is 1. The average Bonchev–Trinajstić information content (AvgIpc) is 3.10. The molecule has 1 aromatic carbocycles. The van der Waals surface area contributed by atoms with Crippen molar-refractivity contribution in [2.45, 2.75) is 58.2 Å². The first kappa shape index (κ1) is 20.2. The van der Waals surface area contributed by atoms with Crippen molar-refractivity contribution in [2.75, 3.05) is 33.3 Å². The summed E-state index contributed by atoms with van der Waals surface area (Å²) in [5.74, 6) is 1.66. The molecule has 2 heterocycles. The third-order valence-corrected chi connectivity index (χ3v) is 5.78. The molecule has 0 amide bonds. The summed E-state index contributed by atoms with van der Waals surface area (Å²) in [6.07, 6.45) is 4.96. The molecule has 3 rings (SSSR count). The quantitative estimate of drug-likeness (QED) is 0.595. The number of hydrogen-bond acceptors (Lipinski definition) is 3. The summed E-state index contributed by atoms with van der Waals surface area (Å²) in [4.78, 5) is 6.91. The fourth-order valence-electron chi connectivity index (χ4n) is 4.10. The van der Waals surface area contributed by atoms with E-state index in [2.05, 4.69) is 58.6 Å². The van der Waals surface area contributed by atoms with Gasteiger partial charge in [-0.15, -0.1) is 0 Å².